The summed E-state index contributed by atoms with van der Waals surface area (Å²) in [6.07, 6.45) is 2.40. The van der Waals surface area contributed by atoms with Gasteiger partial charge in [-0.1, -0.05) is 40.2 Å². The van der Waals surface area contributed by atoms with Gasteiger partial charge in [0.1, 0.15) is 11.6 Å². The fraction of sp³-hybridized carbons (Fsp3) is 0.667. The third-order valence-corrected chi connectivity index (χ3v) is 10.8. The lowest BCUT2D eigenvalue weighted by molar-refractivity contribution is -0.147. The van der Waals surface area contributed by atoms with Crippen molar-refractivity contribution < 1.29 is 33.9 Å². The number of allylic oxidation sites excluding steroid dienone is 4. The van der Waals surface area contributed by atoms with Gasteiger partial charge in [-0.15, -0.1) is 0 Å². The van der Waals surface area contributed by atoms with Crippen molar-refractivity contribution in [3.63, 3.8) is 0 Å². The zero-order valence-electron chi connectivity index (χ0n) is 22.9. The molecule has 0 saturated heterocycles. The van der Waals surface area contributed by atoms with E-state index in [9.17, 15) is 28.8 Å². The number of hydrogen-bond acceptors (Lipinski definition) is 6. The monoisotopic (exact) mass is 510 g/mol. The summed E-state index contributed by atoms with van der Waals surface area (Å²) in [7, 11) is 0. The SMILES string of the molecule is C/C(=C/C(=O)C[C@@H](C)C(=O)O)[C@H]1CC(=O)[C@@]2(C)C3=C(C(=O)C[C@]12C)[C@@]1(C)CCC(=O)C(C)(C)C1CC3=O. The van der Waals surface area contributed by atoms with Crippen LogP contribution in [0.2, 0.25) is 0 Å². The van der Waals surface area contributed by atoms with Crippen molar-refractivity contribution in [2.24, 2.45) is 39.4 Å². The molecule has 2 fully saturated rings. The zero-order chi connectivity index (χ0) is 27.9. The number of aliphatic carboxylic acids is 1. The van der Waals surface area contributed by atoms with Crippen LogP contribution in [-0.2, 0) is 28.8 Å². The predicted octanol–water partition coefficient (Wildman–Crippen LogP) is 4.47. The molecular formula is C30H38O7. The molecule has 0 aromatic carbocycles. The van der Waals surface area contributed by atoms with Gasteiger partial charge in [-0.05, 0) is 43.6 Å². The lowest BCUT2D eigenvalue weighted by Gasteiger charge is -2.58. The van der Waals surface area contributed by atoms with E-state index in [1.54, 1.807) is 13.8 Å². The average molecular weight is 511 g/mol. The van der Waals surface area contributed by atoms with Crippen LogP contribution in [-0.4, -0.2) is 40.0 Å². The summed E-state index contributed by atoms with van der Waals surface area (Å²) in [6, 6.07) is 0. The lowest BCUT2D eigenvalue weighted by atomic mass is 9.43. The Kier molecular flexibility index (Phi) is 6.21. The number of ketones is 5. The normalized spacial score (nSPS) is 38.2. The number of carboxylic acid groups (broad SMARTS) is 1. The minimum absolute atomic E-state index is 0.0770. The van der Waals surface area contributed by atoms with Crippen molar-refractivity contribution in [3.05, 3.63) is 22.8 Å². The summed E-state index contributed by atoms with van der Waals surface area (Å²) in [5.41, 5.74) is -2.04. The first-order chi connectivity index (χ1) is 16.9. The molecule has 37 heavy (non-hydrogen) atoms. The van der Waals surface area contributed by atoms with Gasteiger partial charge in [0.2, 0.25) is 0 Å². The number of fused-ring (bicyclic) bond motifs is 4. The van der Waals surface area contributed by atoms with Crippen molar-refractivity contribution in [2.45, 2.75) is 87.0 Å². The Labute approximate surface area is 218 Å². The molecule has 2 saturated carbocycles. The Bertz CT molecular complexity index is 1220. The highest BCUT2D eigenvalue weighted by Gasteiger charge is 2.70. The summed E-state index contributed by atoms with van der Waals surface area (Å²) in [6.45, 7) is 12.6. The van der Waals surface area contributed by atoms with Crippen LogP contribution in [0.15, 0.2) is 22.8 Å². The van der Waals surface area contributed by atoms with Gasteiger partial charge in [0.25, 0.3) is 0 Å². The van der Waals surface area contributed by atoms with Crippen LogP contribution in [0.3, 0.4) is 0 Å². The Morgan fingerprint density at radius 3 is 2.19 bits per heavy atom. The number of carboxylic acids is 1. The van der Waals surface area contributed by atoms with Gasteiger partial charge in [-0.2, -0.15) is 0 Å². The van der Waals surface area contributed by atoms with E-state index in [1.807, 2.05) is 27.7 Å². The maximum Gasteiger partial charge on any atom is 0.306 e. The maximum atomic E-state index is 14.0. The van der Waals surface area contributed by atoms with Gasteiger partial charge in [0.15, 0.2) is 17.3 Å². The standard InChI is InChI=1S/C30H38O7/c1-15(10-17(31)11-16(2)26(36)37)18-12-23(35)30(7)25-19(32)13-21-27(3,4)22(34)8-9-28(21,5)24(25)20(33)14-29(18,30)6/h10,16,18,21H,8-9,11-14H2,1-7H3,(H,36,37)/b15-10-/t16-,18-,21?,28+,29-,30+/m1/s1. The van der Waals surface area contributed by atoms with Crippen LogP contribution in [0.5, 0.6) is 0 Å². The van der Waals surface area contributed by atoms with Crippen molar-refractivity contribution in [1.82, 2.24) is 0 Å². The Hall–Kier alpha value is -2.70. The highest BCUT2D eigenvalue weighted by molar-refractivity contribution is 6.17. The summed E-state index contributed by atoms with van der Waals surface area (Å²) in [4.78, 5) is 78.2. The smallest absolute Gasteiger partial charge is 0.306 e. The van der Waals surface area contributed by atoms with Crippen molar-refractivity contribution >= 4 is 34.9 Å². The van der Waals surface area contributed by atoms with Crippen LogP contribution < -0.4 is 0 Å². The molecule has 1 unspecified atom stereocenters. The van der Waals surface area contributed by atoms with Crippen LogP contribution in [0.25, 0.3) is 0 Å². The second-order valence-corrected chi connectivity index (χ2v) is 13.1. The third kappa shape index (κ3) is 3.59. The molecule has 0 radical (unpaired) electrons. The number of carbonyl (C=O) groups is 6. The highest BCUT2D eigenvalue weighted by atomic mass is 16.4. The maximum absolute atomic E-state index is 14.0. The van der Waals surface area contributed by atoms with Crippen molar-refractivity contribution in [2.75, 3.05) is 0 Å². The predicted molar refractivity (Wildman–Crippen MR) is 135 cm³/mol. The van der Waals surface area contributed by atoms with E-state index >= 15 is 0 Å². The van der Waals surface area contributed by atoms with Crippen LogP contribution in [0, 0.1) is 39.4 Å². The summed E-state index contributed by atoms with van der Waals surface area (Å²) in [5, 5.41) is 9.14. The van der Waals surface area contributed by atoms with E-state index in [1.165, 1.54) is 13.0 Å². The van der Waals surface area contributed by atoms with E-state index in [0.717, 1.165) is 0 Å². The van der Waals surface area contributed by atoms with Gasteiger partial charge in [-0.25, -0.2) is 0 Å². The van der Waals surface area contributed by atoms with Crippen LogP contribution in [0.4, 0.5) is 0 Å². The third-order valence-electron chi connectivity index (χ3n) is 10.8. The van der Waals surface area contributed by atoms with Crippen LogP contribution >= 0.6 is 0 Å². The first-order valence-corrected chi connectivity index (χ1v) is 13.2. The molecule has 0 aliphatic heterocycles. The Morgan fingerprint density at radius 2 is 1.59 bits per heavy atom. The molecule has 6 atom stereocenters. The molecule has 0 bridgehead atoms. The van der Waals surface area contributed by atoms with Gasteiger partial charge in [-0.3, -0.25) is 28.8 Å². The van der Waals surface area contributed by atoms with E-state index in [2.05, 4.69) is 0 Å². The fourth-order valence-corrected chi connectivity index (χ4v) is 8.23. The topological polar surface area (TPSA) is 123 Å². The van der Waals surface area contributed by atoms with Gasteiger partial charge >= 0.3 is 5.97 Å². The minimum Gasteiger partial charge on any atom is -0.481 e. The average Bonchev–Trinajstić information content (AvgIpc) is 2.99. The molecule has 4 rings (SSSR count). The number of hydrogen-bond donors (Lipinski definition) is 1. The molecule has 1 N–H and O–H groups in total. The summed E-state index contributed by atoms with van der Waals surface area (Å²) in [5.74, 6) is -3.30. The number of rotatable bonds is 5. The van der Waals surface area contributed by atoms with E-state index in [0.29, 0.717) is 29.6 Å². The second kappa shape index (κ2) is 8.40. The molecule has 0 aromatic heterocycles. The van der Waals surface area contributed by atoms with Crippen LogP contribution in [0.1, 0.15) is 87.0 Å². The molecule has 4 aliphatic rings. The fourth-order valence-electron chi connectivity index (χ4n) is 8.23. The molecular weight excluding hydrogens is 472 g/mol. The quantitative estimate of drug-likeness (QED) is 0.542. The Morgan fingerprint density at radius 1 is 0.973 bits per heavy atom. The second-order valence-electron chi connectivity index (χ2n) is 13.1. The molecule has 0 heterocycles. The van der Waals surface area contributed by atoms with Crippen molar-refractivity contribution in [3.8, 4) is 0 Å². The summed E-state index contributed by atoms with van der Waals surface area (Å²) >= 11 is 0. The zero-order valence-corrected chi connectivity index (χ0v) is 22.9. The van der Waals surface area contributed by atoms with Gasteiger partial charge < -0.3 is 5.11 Å². The molecule has 200 valence electrons. The first-order valence-electron chi connectivity index (χ1n) is 13.2. The van der Waals surface area contributed by atoms with E-state index in [4.69, 9.17) is 5.11 Å². The number of carbonyl (C=O) groups excluding carboxylic acids is 5. The van der Waals surface area contributed by atoms with Gasteiger partial charge in [0, 0.05) is 54.1 Å². The molecule has 7 heteroatoms. The molecule has 0 spiro atoms. The summed E-state index contributed by atoms with van der Waals surface area (Å²) < 4.78 is 0. The van der Waals surface area contributed by atoms with E-state index in [-0.39, 0.29) is 60.5 Å². The first kappa shape index (κ1) is 27.3. The highest BCUT2D eigenvalue weighted by Crippen LogP contribution is 2.69. The minimum atomic E-state index is -1.18. The molecule has 4 aliphatic carbocycles. The molecule has 7 nitrogen and oxygen atoms in total. The van der Waals surface area contributed by atoms with E-state index < -0.39 is 39.5 Å². The molecule has 0 aromatic rings. The lowest BCUT2D eigenvalue weighted by Crippen LogP contribution is -2.59. The molecule has 0 amide bonds. The Balaban J connectivity index is 1.81. The number of Topliss-reactive ketones (excluding diaryl/α,β-unsaturated/α-hetero) is 4. The largest absolute Gasteiger partial charge is 0.481 e. The van der Waals surface area contributed by atoms with Crippen molar-refractivity contribution in [1.29, 1.82) is 0 Å². The van der Waals surface area contributed by atoms with Gasteiger partial charge in [0.05, 0.1) is 11.3 Å².